The minimum absolute atomic E-state index is 0.000682. The molecule has 0 aromatic heterocycles. The standard InChI is InChI=1S/C16H17N3O4S/c17-24(22,23)14-8-6-13(7-9-14)11-18-16(20)15(19-21)10-12-4-2-1-3-5-12/h1-9,21H,10-11H2,(H,18,20)(H2,17,22,23)/b19-15+. The van der Waals surface area contributed by atoms with Gasteiger partial charge in [-0.25, -0.2) is 13.6 Å². The van der Waals surface area contributed by atoms with Crippen LogP contribution < -0.4 is 10.5 Å². The minimum Gasteiger partial charge on any atom is -0.410 e. The predicted octanol–water partition coefficient (Wildman–Crippen LogP) is 1.02. The lowest BCUT2D eigenvalue weighted by molar-refractivity contribution is -0.115. The SMILES string of the molecule is NS(=O)(=O)c1ccc(CNC(=O)/C(Cc2ccccc2)=N/O)cc1. The molecule has 0 aliphatic rings. The summed E-state index contributed by atoms with van der Waals surface area (Å²) in [6.45, 7) is 0.164. The number of benzene rings is 2. The number of rotatable bonds is 6. The largest absolute Gasteiger partial charge is 0.410 e. The first-order valence-electron chi connectivity index (χ1n) is 7.05. The Morgan fingerprint density at radius 1 is 1.04 bits per heavy atom. The van der Waals surface area contributed by atoms with E-state index in [1.54, 1.807) is 12.1 Å². The van der Waals surface area contributed by atoms with Gasteiger partial charge in [0, 0.05) is 13.0 Å². The zero-order valence-corrected chi connectivity index (χ0v) is 13.5. The smallest absolute Gasteiger partial charge is 0.269 e. The Hall–Kier alpha value is -2.71. The van der Waals surface area contributed by atoms with Crippen molar-refractivity contribution in [2.24, 2.45) is 10.3 Å². The van der Waals surface area contributed by atoms with Gasteiger partial charge < -0.3 is 10.5 Å². The lowest BCUT2D eigenvalue weighted by Crippen LogP contribution is -2.32. The molecule has 24 heavy (non-hydrogen) atoms. The van der Waals surface area contributed by atoms with Crippen LogP contribution in [-0.2, 0) is 27.8 Å². The topological polar surface area (TPSA) is 122 Å². The Bertz CT molecular complexity index is 831. The van der Waals surface area contributed by atoms with Gasteiger partial charge in [-0.05, 0) is 23.3 Å². The Morgan fingerprint density at radius 2 is 1.67 bits per heavy atom. The second-order valence-electron chi connectivity index (χ2n) is 5.08. The van der Waals surface area contributed by atoms with Gasteiger partial charge in [0.1, 0.15) is 5.71 Å². The van der Waals surface area contributed by atoms with Crippen molar-refractivity contribution in [2.75, 3.05) is 0 Å². The summed E-state index contributed by atoms with van der Waals surface area (Å²) < 4.78 is 22.4. The number of nitrogens with two attached hydrogens (primary N) is 1. The van der Waals surface area contributed by atoms with Crippen molar-refractivity contribution in [3.05, 3.63) is 65.7 Å². The maximum atomic E-state index is 12.1. The Balaban J connectivity index is 1.96. The molecule has 0 radical (unpaired) electrons. The molecule has 0 saturated heterocycles. The number of primary sulfonamides is 1. The molecule has 1 amide bonds. The normalized spacial score (nSPS) is 12.0. The monoisotopic (exact) mass is 347 g/mol. The highest BCUT2D eigenvalue weighted by Crippen LogP contribution is 2.08. The highest BCUT2D eigenvalue weighted by Gasteiger charge is 2.13. The van der Waals surface area contributed by atoms with Gasteiger partial charge in [-0.2, -0.15) is 0 Å². The van der Waals surface area contributed by atoms with Gasteiger partial charge in [0.2, 0.25) is 10.0 Å². The molecule has 126 valence electrons. The average molecular weight is 347 g/mol. The van der Waals surface area contributed by atoms with Crippen LogP contribution in [0, 0.1) is 0 Å². The lowest BCUT2D eigenvalue weighted by atomic mass is 10.1. The van der Waals surface area contributed by atoms with Gasteiger partial charge in [0.05, 0.1) is 4.90 Å². The molecule has 0 atom stereocenters. The molecule has 2 aromatic rings. The first-order valence-corrected chi connectivity index (χ1v) is 8.59. The number of carbonyl (C=O) groups is 1. The fraction of sp³-hybridized carbons (Fsp3) is 0.125. The summed E-state index contributed by atoms with van der Waals surface area (Å²) in [4.78, 5) is 12.1. The first-order chi connectivity index (χ1) is 11.4. The molecular formula is C16H17N3O4S. The van der Waals surface area contributed by atoms with Crippen LogP contribution in [0.2, 0.25) is 0 Å². The quantitative estimate of drug-likeness (QED) is 0.410. The van der Waals surface area contributed by atoms with Gasteiger partial charge in [-0.15, -0.1) is 0 Å². The Labute approximate surface area is 139 Å². The van der Waals surface area contributed by atoms with Gasteiger partial charge in [0.15, 0.2) is 0 Å². The average Bonchev–Trinajstić information content (AvgIpc) is 2.58. The zero-order valence-electron chi connectivity index (χ0n) is 12.7. The second-order valence-corrected chi connectivity index (χ2v) is 6.64. The highest BCUT2D eigenvalue weighted by molar-refractivity contribution is 7.89. The van der Waals surface area contributed by atoms with Crippen molar-refractivity contribution < 1.29 is 18.4 Å². The van der Waals surface area contributed by atoms with Crippen molar-refractivity contribution >= 4 is 21.6 Å². The summed E-state index contributed by atoms with van der Waals surface area (Å²) in [6, 6.07) is 15.0. The molecule has 0 spiro atoms. The van der Waals surface area contributed by atoms with Gasteiger partial charge in [-0.3, -0.25) is 4.79 Å². The van der Waals surface area contributed by atoms with Crippen molar-refractivity contribution in [2.45, 2.75) is 17.9 Å². The Morgan fingerprint density at radius 3 is 2.21 bits per heavy atom. The van der Waals surface area contributed by atoms with E-state index in [0.717, 1.165) is 5.56 Å². The number of oxime groups is 1. The van der Waals surface area contributed by atoms with E-state index in [0.29, 0.717) is 5.56 Å². The van der Waals surface area contributed by atoms with Crippen LogP contribution in [0.3, 0.4) is 0 Å². The van der Waals surface area contributed by atoms with Crippen LogP contribution in [0.15, 0.2) is 64.6 Å². The van der Waals surface area contributed by atoms with E-state index in [4.69, 9.17) is 10.3 Å². The van der Waals surface area contributed by atoms with Crippen LogP contribution in [0.4, 0.5) is 0 Å². The van der Waals surface area contributed by atoms with Crippen molar-refractivity contribution in [1.29, 1.82) is 0 Å². The molecule has 0 heterocycles. The van der Waals surface area contributed by atoms with Gasteiger partial charge in [-0.1, -0.05) is 47.6 Å². The van der Waals surface area contributed by atoms with Gasteiger partial charge in [0.25, 0.3) is 5.91 Å². The fourth-order valence-corrected chi connectivity index (χ4v) is 2.55. The number of amides is 1. The number of nitrogens with one attached hydrogen (secondary N) is 1. The van der Waals surface area contributed by atoms with E-state index in [1.165, 1.54) is 12.1 Å². The molecule has 7 nitrogen and oxygen atoms in total. The number of carbonyl (C=O) groups excluding carboxylic acids is 1. The molecule has 8 heteroatoms. The molecular weight excluding hydrogens is 330 g/mol. The number of hydrogen-bond acceptors (Lipinski definition) is 5. The summed E-state index contributed by atoms with van der Waals surface area (Å²) in [5.41, 5.74) is 1.52. The summed E-state index contributed by atoms with van der Waals surface area (Å²) >= 11 is 0. The van der Waals surface area contributed by atoms with Crippen LogP contribution in [0.5, 0.6) is 0 Å². The molecule has 0 aliphatic carbocycles. The third-order valence-electron chi connectivity index (χ3n) is 3.30. The molecule has 0 saturated carbocycles. The second kappa shape index (κ2) is 7.71. The van der Waals surface area contributed by atoms with Crippen LogP contribution in [0.1, 0.15) is 11.1 Å². The maximum Gasteiger partial charge on any atom is 0.269 e. The molecule has 0 bridgehead atoms. The van der Waals surface area contributed by atoms with Crippen LogP contribution >= 0.6 is 0 Å². The third kappa shape index (κ3) is 4.90. The lowest BCUT2D eigenvalue weighted by Gasteiger charge is -2.07. The summed E-state index contributed by atoms with van der Waals surface area (Å²) in [6.07, 6.45) is 0.202. The summed E-state index contributed by atoms with van der Waals surface area (Å²) in [7, 11) is -3.74. The predicted molar refractivity (Wildman–Crippen MR) is 89.0 cm³/mol. The van der Waals surface area contributed by atoms with Gasteiger partial charge >= 0.3 is 0 Å². The molecule has 0 fully saturated rings. The minimum atomic E-state index is -3.74. The first kappa shape index (κ1) is 17.6. The zero-order chi connectivity index (χ0) is 17.6. The van der Waals surface area contributed by atoms with E-state index in [1.807, 2.05) is 30.3 Å². The van der Waals surface area contributed by atoms with Crippen molar-refractivity contribution in [3.8, 4) is 0 Å². The van der Waals surface area contributed by atoms with E-state index < -0.39 is 15.9 Å². The summed E-state index contributed by atoms with van der Waals surface area (Å²) in [5, 5.41) is 19.7. The maximum absolute atomic E-state index is 12.1. The van der Waals surface area contributed by atoms with Crippen molar-refractivity contribution in [1.82, 2.24) is 5.32 Å². The van der Waals surface area contributed by atoms with E-state index in [9.17, 15) is 13.2 Å². The fourth-order valence-electron chi connectivity index (χ4n) is 2.03. The van der Waals surface area contributed by atoms with E-state index in [-0.39, 0.29) is 23.6 Å². The molecule has 0 aliphatic heterocycles. The number of hydrogen-bond donors (Lipinski definition) is 3. The van der Waals surface area contributed by atoms with Crippen LogP contribution in [0.25, 0.3) is 0 Å². The highest BCUT2D eigenvalue weighted by atomic mass is 32.2. The molecule has 2 rings (SSSR count). The molecule has 2 aromatic carbocycles. The van der Waals surface area contributed by atoms with E-state index in [2.05, 4.69) is 10.5 Å². The molecule has 4 N–H and O–H groups in total. The van der Waals surface area contributed by atoms with Crippen LogP contribution in [-0.4, -0.2) is 25.2 Å². The molecule has 0 unspecified atom stereocenters. The van der Waals surface area contributed by atoms with E-state index >= 15 is 0 Å². The number of nitrogens with zero attached hydrogens (tertiary/aromatic N) is 1. The Kier molecular flexibility index (Phi) is 5.67. The third-order valence-corrected chi connectivity index (χ3v) is 4.23. The summed E-state index contributed by atoms with van der Waals surface area (Å²) in [5.74, 6) is -0.503. The number of sulfonamides is 1. The van der Waals surface area contributed by atoms with Crippen molar-refractivity contribution in [3.63, 3.8) is 0 Å².